The van der Waals surface area contributed by atoms with E-state index in [9.17, 15) is 14.5 Å². The molecule has 0 aliphatic heterocycles. The first kappa shape index (κ1) is 13.4. The van der Waals surface area contributed by atoms with Crippen LogP contribution in [0.2, 0.25) is 0 Å². The molecule has 5 heteroatoms. The van der Waals surface area contributed by atoms with E-state index in [-0.39, 0.29) is 11.1 Å². The minimum absolute atomic E-state index is 0.0439. The highest BCUT2D eigenvalue weighted by molar-refractivity contribution is 5.61. The van der Waals surface area contributed by atoms with E-state index < -0.39 is 10.7 Å². The number of hydrogen-bond donors (Lipinski definition) is 1. The monoisotopic (exact) mass is 240 g/mol. The van der Waals surface area contributed by atoms with Crippen LogP contribution in [0.3, 0.4) is 0 Å². The van der Waals surface area contributed by atoms with E-state index in [1.807, 2.05) is 0 Å². The third-order valence-corrected chi connectivity index (χ3v) is 2.87. The van der Waals surface area contributed by atoms with Crippen molar-refractivity contribution in [3.8, 4) is 0 Å². The lowest BCUT2D eigenvalue weighted by atomic mass is 9.90. The number of hydrogen-bond acceptors (Lipinski definition) is 3. The van der Waals surface area contributed by atoms with Crippen molar-refractivity contribution in [2.75, 3.05) is 11.9 Å². The van der Waals surface area contributed by atoms with E-state index in [1.54, 1.807) is 0 Å². The number of nitro groups is 1. The predicted octanol–water partition coefficient (Wildman–Crippen LogP) is 3.58. The van der Waals surface area contributed by atoms with E-state index in [0.717, 1.165) is 12.5 Å². The third kappa shape index (κ3) is 3.69. The highest BCUT2D eigenvalue weighted by Crippen LogP contribution is 2.27. The number of benzene rings is 1. The number of halogens is 1. The molecule has 0 aliphatic rings. The molecular weight excluding hydrogens is 223 g/mol. The van der Waals surface area contributed by atoms with Crippen LogP contribution in [-0.2, 0) is 0 Å². The second kappa shape index (κ2) is 5.12. The lowest BCUT2D eigenvalue weighted by Gasteiger charge is -2.23. The maximum atomic E-state index is 12.9. The maximum absolute atomic E-state index is 12.9. The van der Waals surface area contributed by atoms with Gasteiger partial charge in [-0.25, -0.2) is 4.39 Å². The van der Waals surface area contributed by atoms with Gasteiger partial charge in [0.15, 0.2) is 0 Å². The summed E-state index contributed by atoms with van der Waals surface area (Å²) in [4.78, 5) is 10.2. The topological polar surface area (TPSA) is 55.2 Å². The van der Waals surface area contributed by atoms with Crippen LogP contribution in [0.25, 0.3) is 0 Å². The zero-order valence-electron chi connectivity index (χ0n) is 10.3. The van der Waals surface area contributed by atoms with E-state index in [2.05, 4.69) is 26.1 Å². The Kier molecular flexibility index (Phi) is 4.04. The fourth-order valence-electron chi connectivity index (χ4n) is 1.26. The van der Waals surface area contributed by atoms with Crippen LogP contribution in [0, 0.1) is 21.3 Å². The van der Waals surface area contributed by atoms with Gasteiger partial charge in [-0.05, 0) is 24.0 Å². The van der Waals surface area contributed by atoms with Gasteiger partial charge in [0, 0.05) is 6.54 Å². The Morgan fingerprint density at radius 1 is 1.47 bits per heavy atom. The molecule has 0 fully saturated rings. The fourth-order valence-corrected chi connectivity index (χ4v) is 1.26. The van der Waals surface area contributed by atoms with Gasteiger partial charge in [0.1, 0.15) is 11.5 Å². The van der Waals surface area contributed by atoms with Crippen LogP contribution in [0.1, 0.15) is 27.2 Å². The predicted molar refractivity (Wildman–Crippen MR) is 65.6 cm³/mol. The summed E-state index contributed by atoms with van der Waals surface area (Å²) >= 11 is 0. The summed E-state index contributed by atoms with van der Waals surface area (Å²) in [6.07, 6.45) is 0.953. The van der Waals surface area contributed by atoms with Gasteiger partial charge >= 0.3 is 0 Å². The summed E-state index contributed by atoms with van der Waals surface area (Å²) in [5, 5.41) is 13.8. The number of nitrogens with one attached hydrogen (secondary N) is 1. The lowest BCUT2D eigenvalue weighted by molar-refractivity contribution is -0.384. The molecule has 1 N–H and O–H groups in total. The second-order valence-corrected chi connectivity index (χ2v) is 4.79. The lowest BCUT2D eigenvalue weighted by Crippen LogP contribution is -2.22. The van der Waals surface area contributed by atoms with E-state index in [1.165, 1.54) is 12.1 Å². The first-order chi connectivity index (χ1) is 7.85. The van der Waals surface area contributed by atoms with Gasteiger partial charge in [-0.2, -0.15) is 0 Å². The second-order valence-electron chi connectivity index (χ2n) is 4.79. The Morgan fingerprint density at radius 2 is 2.12 bits per heavy atom. The van der Waals surface area contributed by atoms with E-state index in [0.29, 0.717) is 12.2 Å². The Hall–Kier alpha value is -1.65. The third-order valence-electron chi connectivity index (χ3n) is 2.87. The minimum atomic E-state index is -0.600. The van der Waals surface area contributed by atoms with Gasteiger partial charge in [0.05, 0.1) is 11.0 Å². The molecule has 0 saturated heterocycles. The number of nitrogens with zero attached hydrogens (tertiary/aromatic N) is 1. The van der Waals surface area contributed by atoms with Crippen molar-refractivity contribution >= 4 is 11.4 Å². The van der Waals surface area contributed by atoms with E-state index in [4.69, 9.17) is 0 Å². The van der Waals surface area contributed by atoms with Crippen molar-refractivity contribution in [1.29, 1.82) is 0 Å². The quantitative estimate of drug-likeness (QED) is 0.632. The van der Waals surface area contributed by atoms with Crippen LogP contribution in [0.15, 0.2) is 18.2 Å². The molecule has 4 nitrogen and oxygen atoms in total. The van der Waals surface area contributed by atoms with Crippen molar-refractivity contribution in [1.82, 2.24) is 0 Å². The van der Waals surface area contributed by atoms with Gasteiger partial charge < -0.3 is 5.32 Å². The number of rotatable bonds is 5. The largest absolute Gasteiger partial charge is 0.379 e. The standard InChI is InChI=1S/C12H17FN2O2/c1-4-12(2,3)8-14-10-6-5-9(13)7-11(10)15(16)17/h5-7,14H,4,8H2,1-3H3. The van der Waals surface area contributed by atoms with Crippen LogP contribution < -0.4 is 5.32 Å². The molecule has 1 rings (SSSR count). The molecular formula is C12H17FN2O2. The normalized spacial score (nSPS) is 11.3. The summed E-state index contributed by atoms with van der Waals surface area (Å²) in [5.74, 6) is -0.600. The first-order valence-corrected chi connectivity index (χ1v) is 5.53. The Balaban J connectivity index is 2.88. The van der Waals surface area contributed by atoms with Gasteiger partial charge in [-0.1, -0.05) is 20.8 Å². The molecule has 0 atom stereocenters. The van der Waals surface area contributed by atoms with Gasteiger partial charge in [-0.15, -0.1) is 0 Å². The number of anilines is 1. The maximum Gasteiger partial charge on any atom is 0.295 e. The fraction of sp³-hybridized carbons (Fsp3) is 0.500. The zero-order chi connectivity index (χ0) is 13.1. The van der Waals surface area contributed by atoms with E-state index >= 15 is 0 Å². The van der Waals surface area contributed by atoms with Crippen LogP contribution in [-0.4, -0.2) is 11.5 Å². The molecule has 1 aromatic rings. The Labute approximate surface area is 100.0 Å². The molecule has 0 amide bonds. The average molecular weight is 240 g/mol. The molecule has 0 aromatic heterocycles. The summed E-state index contributed by atoms with van der Waals surface area (Å²) in [7, 11) is 0. The molecule has 17 heavy (non-hydrogen) atoms. The summed E-state index contributed by atoms with van der Waals surface area (Å²) in [6.45, 7) is 6.79. The molecule has 0 aliphatic carbocycles. The van der Waals surface area contributed by atoms with Crippen molar-refractivity contribution in [2.24, 2.45) is 5.41 Å². The number of nitro benzene ring substituents is 1. The summed E-state index contributed by atoms with van der Waals surface area (Å²) in [6, 6.07) is 3.55. The van der Waals surface area contributed by atoms with Crippen LogP contribution in [0.5, 0.6) is 0 Å². The zero-order valence-corrected chi connectivity index (χ0v) is 10.3. The average Bonchev–Trinajstić information content (AvgIpc) is 2.27. The van der Waals surface area contributed by atoms with Crippen LogP contribution >= 0.6 is 0 Å². The van der Waals surface area contributed by atoms with Crippen molar-refractivity contribution in [3.05, 3.63) is 34.1 Å². The van der Waals surface area contributed by atoms with Gasteiger partial charge in [0.25, 0.3) is 5.69 Å². The summed E-state index contributed by atoms with van der Waals surface area (Å²) < 4.78 is 12.9. The Morgan fingerprint density at radius 3 is 2.65 bits per heavy atom. The molecule has 0 bridgehead atoms. The first-order valence-electron chi connectivity index (χ1n) is 5.53. The minimum Gasteiger partial charge on any atom is -0.379 e. The smallest absolute Gasteiger partial charge is 0.295 e. The van der Waals surface area contributed by atoms with Crippen LogP contribution in [0.4, 0.5) is 15.8 Å². The molecule has 1 aromatic carbocycles. The van der Waals surface area contributed by atoms with Crippen molar-refractivity contribution in [2.45, 2.75) is 27.2 Å². The van der Waals surface area contributed by atoms with Gasteiger partial charge in [-0.3, -0.25) is 10.1 Å². The molecule has 0 saturated carbocycles. The SMILES string of the molecule is CCC(C)(C)CNc1ccc(F)cc1[N+](=O)[O-]. The van der Waals surface area contributed by atoms with Gasteiger partial charge in [0.2, 0.25) is 0 Å². The highest BCUT2D eigenvalue weighted by Gasteiger charge is 2.19. The highest BCUT2D eigenvalue weighted by atomic mass is 19.1. The molecule has 0 spiro atoms. The van der Waals surface area contributed by atoms with Crippen molar-refractivity contribution in [3.63, 3.8) is 0 Å². The van der Waals surface area contributed by atoms with Crippen molar-refractivity contribution < 1.29 is 9.31 Å². The Bertz CT molecular complexity index is 419. The molecule has 94 valence electrons. The molecule has 0 unspecified atom stereocenters. The molecule has 0 heterocycles. The summed E-state index contributed by atoms with van der Waals surface area (Å²) in [5.41, 5.74) is 0.178. The molecule has 0 radical (unpaired) electrons.